The molecule has 0 saturated carbocycles. The van der Waals surface area contributed by atoms with Crippen molar-refractivity contribution >= 4 is 35.2 Å². The molecule has 7 heteroatoms. The highest BCUT2D eigenvalue weighted by Gasteiger charge is 2.31. The van der Waals surface area contributed by atoms with Crippen molar-refractivity contribution < 1.29 is 14.3 Å². The summed E-state index contributed by atoms with van der Waals surface area (Å²) in [4.78, 5) is 23.8. The summed E-state index contributed by atoms with van der Waals surface area (Å²) in [5.74, 6) is -0.251. The Morgan fingerprint density at radius 3 is 2.68 bits per heavy atom. The van der Waals surface area contributed by atoms with Crippen LogP contribution in [0.15, 0.2) is 18.2 Å². The summed E-state index contributed by atoms with van der Waals surface area (Å²) in [6, 6.07) is 4.23. The minimum Gasteiger partial charge on any atom is -0.337 e. The molecule has 1 aliphatic heterocycles. The number of esters is 1. The van der Waals surface area contributed by atoms with Gasteiger partial charge in [-0.05, 0) is 30.5 Å². The number of hydrogen-bond acceptors (Lipinski definition) is 2. The molecule has 120 valence electrons. The molecule has 2 N–H and O–H groups in total. The van der Waals surface area contributed by atoms with Crippen molar-refractivity contribution in [3.63, 3.8) is 0 Å². The predicted octanol–water partition coefficient (Wildman–Crippen LogP) is 2.86. The number of likely N-dealkylation sites (tertiary alicyclic amines) is 1. The second-order valence-electron chi connectivity index (χ2n) is 5.18. The Balaban J connectivity index is 2.08. The van der Waals surface area contributed by atoms with Crippen LogP contribution >= 0.6 is 23.2 Å². The molecule has 1 aromatic rings. The van der Waals surface area contributed by atoms with Gasteiger partial charge in [-0.2, -0.15) is 0 Å². The van der Waals surface area contributed by atoms with Gasteiger partial charge >= 0.3 is 12.0 Å². The predicted molar refractivity (Wildman–Crippen MR) is 87.2 cm³/mol. The topological polar surface area (TPSA) is 63.0 Å². The van der Waals surface area contributed by atoms with Crippen LogP contribution in [0.2, 0.25) is 10.0 Å². The van der Waals surface area contributed by atoms with E-state index in [1.807, 2.05) is 0 Å². The molecule has 0 unspecified atom stereocenters. The van der Waals surface area contributed by atoms with E-state index in [0.717, 1.165) is 31.5 Å². The zero-order valence-electron chi connectivity index (χ0n) is 12.3. The number of carbonyl (C=O) groups is 1. The Labute approximate surface area is 139 Å². The van der Waals surface area contributed by atoms with Crippen molar-refractivity contribution in [2.75, 3.05) is 20.2 Å². The highest BCUT2D eigenvalue weighted by molar-refractivity contribution is 6.35. The SMILES string of the molecule is COC(=[OH+])[C@@H](Cc1ccc(Cl)cc1Cl)NC(=O)N1CCCC1. The van der Waals surface area contributed by atoms with E-state index in [-0.39, 0.29) is 12.0 Å². The molecule has 0 bridgehead atoms. The molecule has 0 aromatic heterocycles. The molecule has 1 aliphatic rings. The number of carbonyl (C=O) groups excluding carboxylic acids is 2. The van der Waals surface area contributed by atoms with Crippen molar-refractivity contribution in [2.45, 2.75) is 25.3 Å². The Kier molecular flexibility index (Phi) is 5.91. The van der Waals surface area contributed by atoms with Crippen LogP contribution in [0, 0.1) is 0 Å². The summed E-state index contributed by atoms with van der Waals surface area (Å²) in [6.07, 6.45) is 2.32. The summed E-state index contributed by atoms with van der Waals surface area (Å²) < 4.78 is 4.88. The van der Waals surface area contributed by atoms with Crippen molar-refractivity contribution in [2.24, 2.45) is 0 Å². The van der Waals surface area contributed by atoms with Gasteiger partial charge in [0.2, 0.25) is 0 Å². The number of amides is 2. The first-order valence-corrected chi connectivity index (χ1v) is 7.86. The first-order valence-electron chi connectivity index (χ1n) is 7.10. The lowest BCUT2D eigenvalue weighted by Crippen LogP contribution is -2.48. The van der Waals surface area contributed by atoms with Gasteiger partial charge in [0.05, 0.1) is 0 Å². The van der Waals surface area contributed by atoms with Gasteiger partial charge in [0.25, 0.3) is 0 Å². The van der Waals surface area contributed by atoms with E-state index in [0.29, 0.717) is 16.5 Å². The normalized spacial score (nSPS) is 15.5. The van der Waals surface area contributed by atoms with Gasteiger partial charge in [0.15, 0.2) is 13.2 Å². The van der Waals surface area contributed by atoms with Gasteiger partial charge in [-0.1, -0.05) is 29.3 Å². The third-order valence-electron chi connectivity index (χ3n) is 3.64. The van der Waals surface area contributed by atoms with E-state index < -0.39 is 6.04 Å². The third-order valence-corrected chi connectivity index (χ3v) is 4.22. The molecule has 2 rings (SSSR count). The summed E-state index contributed by atoms with van der Waals surface area (Å²) in [6.45, 7) is 1.46. The van der Waals surface area contributed by atoms with Crippen LogP contribution in [0.1, 0.15) is 18.4 Å². The smallest absolute Gasteiger partial charge is 0.337 e. The maximum Gasteiger partial charge on any atom is 0.506 e. The first kappa shape index (κ1) is 16.9. The lowest BCUT2D eigenvalue weighted by Gasteiger charge is -2.19. The average Bonchev–Trinajstić information content (AvgIpc) is 3.02. The fraction of sp³-hybridized carbons (Fsp3) is 0.467. The monoisotopic (exact) mass is 345 g/mol. The number of methoxy groups -OCH3 is 1. The van der Waals surface area contributed by atoms with Crippen LogP contribution in [0.25, 0.3) is 0 Å². The highest BCUT2D eigenvalue weighted by Crippen LogP contribution is 2.22. The first-order chi connectivity index (χ1) is 10.5. The van der Waals surface area contributed by atoms with Crippen molar-refractivity contribution in [3.8, 4) is 0 Å². The minimum atomic E-state index is -0.670. The van der Waals surface area contributed by atoms with Crippen LogP contribution in [0.5, 0.6) is 0 Å². The lowest BCUT2D eigenvalue weighted by atomic mass is 10.1. The van der Waals surface area contributed by atoms with E-state index >= 15 is 0 Å². The molecule has 1 heterocycles. The van der Waals surface area contributed by atoms with Crippen LogP contribution in [0.4, 0.5) is 4.79 Å². The van der Waals surface area contributed by atoms with Crippen molar-refractivity contribution in [1.29, 1.82) is 0 Å². The molecular weight excluding hydrogens is 327 g/mol. The van der Waals surface area contributed by atoms with E-state index in [2.05, 4.69) is 5.32 Å². The average molecular weight is 346 g/mol. The number of nitrogens with one attached hydrogen (secondary N) is 1. The molecule has 0 aliphatic carbocycles. The van der Waals surface area contributed by atoms with E-state index in [1.54, 1.807) is 23.1 Å². The number of rotatable bonds is 4. The van der Waals surface area contributed by atoms with Gasteiger partial charge < -0.3 is 19.7 Å². The molecule has 1 atom stereocenters. The largest absolute Gasteiger partial charge is 0.506 e. The number of benzene rings is 1. The zero-order chi connectivity index (χ0) is 16.1. The molecule has 5 nitrogen and oxygen atoms in total. The van der Waals surface area contributed by atoms with Crippen LogP contribution < -0.4 is 5.32 Å². The summed E-state index contributed by atoms with van der Waals surface area (Å²) in [5.41, 5.74) is 0.765. The Hall–Kier alpha value is -1.46. The molecule has 22 heavy (non-hydrogen) atoms. The van der Waals surface area contributed by atoms with E-state index in [1.165, 1.54) is 7.11 Å². The maximum absolute atomic E-state index is 12.2. The maximum atomic E-state index is 12.2. The van der Waals surface area contributed by atoms with Gasteiger partial charge in [0, 0.05) is 29.6 Å². The lowest BCUT2D eigenvalue weighted by molar-refractivity contribution is 0.204. The number of ether oxygens (including phenoxy) is 1. The zero-order valence-corrected chi connectivity index (χ0v) is 13.8. The fourth-order valence-corrected chi connectivity index (χ4v) is 2.90. The van der Waals surface area contributed by atoms with E-state index in [4.69, 9.17) is 27.9 Å². The van der Waals surface area contributed by atoms with Gasteiger partial charge in [-0.15, -0.1) is 0 Å². The molecule has 1 fully saturated rings. The minimum absolute atomic E-state index is 0.212. The number of nitrogens with zero attached hydrogens (tertiary/aromatic N) is 1. The summed E-state index contributed by atoms with van der Waals surface area (Å²) in [7, 11) is 1.35. The molecule has 1 aromatic carbocycles. The summed E-state index contributed by atoms with van der Waals surface area (Å²) in [5, 5.41) is 3.80. The number of halogens is 2. The Morgan fingerprint density at radius 1 is 1.41 bits per heavy atom. The fourth-order valence-electron chi connectivity index (χ4n) is 2.41. The Bertz CT molecular complexity index is 560. The van der Waals surface area contributed by atoms with Crippen LogP contribution in [-0.4, -0.2) is 47.9 Å². The van der Waals surface area contributed by atoms with Crippen LogP contribution in [-0.2, 0) is 11.2 Å². The van der Waals surface area contributed by atoms with E-state index in [9.17, 15) is 9.59 Å². The Morgan fingerprint density at radius 2 is 2.09 bits per heavy atom. The molecule has 0 radical (unpaired) electrons. The molecule has 2 amide bonds. The van der Waals surface area contributed by atoms with Gasteiger partial charge in [0.1, 0.15) is 0 Å². The summed E-state index contributed by atoms with van der Waals surface area (Å²) >= 11 is 12.0. The van der Waals surface area contributed by atoms with Crippen molar-refractivity contribution in [3.05, 3.63) is 33.8 Å². The molecule has 1 saturated heterocycles. The standard InChI is InChI=1S/C15H18Cl2N2O3/c1-22-14(20)13(18-15(21)19-6-2-3-7-19)8-10-4-5-11(16)9-12(10)17/h4-5,9,13H,2-3,6-8H2,1H3,(H,18,21)/p+1/t13-/m1/s1. The second-order valence-corrected chi connectivity index (χ2v) is 6.02. The third kappa shape index (κ3) is 4.27. The number of hydrogen-bond donors (Lipinski definition) is 1. The van der Waals surface area contributed by atoms with Crippen LogP contribution in [0.3, 0.4) is 0 Å². The van der Waals surface area contributed by atoms with Gasteiger partial charge in [-0.25, -0.2) is 4.79 Å². The highest BCUT2D eigenvalue weighted by atomic mass is 35.5. The number of urea groups is 1. The molecular formula is C15H19Cl2N2O3+. The second kappa shape index (κ2) is 7.70. The quantitative estimate of drug-likeness (QED) is 0.673. The van der Waals surface area contributed by atoms with Crippen molar-refractivity contribution in [1.82, 2.24) is 10.2 Å². The molecule has 0 spiro atoms. The van der Waals surface area contributed by atoms with Gasteiger partial charge in [-0.3, -0.25) is 0 Å².